The number of benzene rings is 3. The van der Waals surface area contributed by atoms with Crippen molar-refractivity contribution in [2.75, 3.05) is 4.90 Å². The van der Waals surface area contributed by atoms with Gasteiger partial charge in [0.2, 0.25) is 0 Å². The number of nitrogens with zero attached hydrogens (tertiary/aromatic N) is 3. The van der Waals surface area contributed by atoms with Gasteiger partial charge < -0.3 is 10.0 Å². The number of imide groups is 1. The van der Waals surface area contributed by atoms with Gasteiger partial charge in [-0.05, 0) is 64.4 Å². The van der Waals surface area contributed by atoms with Crippen molar-refractivity contribution >= 4 is 65.8 Å². The highest BCUT2D eigenvalue weighted by atomic mass is 32.2. The van der Waals surface area contributed by atoms with E-state index >= 15 is 0 Å². The van der Waals surface area contributed by atoms with Crippen molar-refractivity contribution in [2.24, 2.45) is 0 Å². The lowest BCUT2D eigenvalue weighted by Gasteiger charge is -2.22. The molecule has 48 heavy (non-hydrogen) atoms. The molecule has 3 heterocycles. The number of thiophene rings is 1. The first-order chi connectivity index (χ1) is 22.5. The second kappa shape index (κ2) is 12.9. The number of amides is 3. The van der Waals surface area contributed by atoms with Crippen LogP contribution in [0.4, 0.5) is 36.8 Å². The molecule has 2 aromatic heterocycles. The molecule has 0 unspecified atom stereocenters. The lowest BCUT2D eigenvalue weighted by atomic mass is 10.0. The summed E-state index contributed by atoms with van der Waals surface area (Å²) in [5, 5.41) is 10.9. The van der Waals surface area contributed by atoms with Gasteiger partial charge in [0.25, 0.3) is 15.7 Å². The highest BCUT2D eigenvalue weighted by molar-refractivity contribution is 7.92. The molecule has 1 aliphatic heterocycles. The second-order valence-corrected chi connectivity index (χ2v) is 13.1. The molecule has 1 N–H and O–H groups in total. The quantitative estimate of drug-likeness (QED) is 0.149. The number of alkyl halides is 6. The van der Waals surface area contributed by atoms with Gasteiger partial charge in [0.05, 0.1) is 16.1 Å². The summed E-state index contributed by atoms with van der Waals surface area (Å²) >= 11 is 1.52. The number of hydrogen-bond acceptors (Lipinski definition) is 7. The van der Waals surface area contributed by atoms with E-state index in [4.69, 9.17) is 9.90 Å². The number of halogens is 6. The summed E-state index contributed by atoms with van der Waals surface area (Å²) in [4.78, 5) is 42.3. The van der Waals surface area contributed by atoms with Crippen LogP contribution in [-0.4, -0.2) is 59.0 Å². The molecule has 1 atom stereocenters. The van der Waals surface area contributed by atoms with Crippen LogP contribution in [0.25, 0.3) is 21.0 Å². The first kappa shape index (κ1) is 34.3. The number of rotatable bonds is 6. The summed E-state index contributed by atoms with van der Waals surface area (Å²) in [5.74, 6) is -3.32. The van der Waals surface area contributed by atoms with Crippen molar-refractivity contribution in [3.63, 3.8) is 0 Å². The fourth-order valence-corrected chi connectivity index (χ4v) is 6.77. The first-order valence-electron chi connectivity index (χ1n) is 13.6. The van der Waals surface area contributed by atoms with Gasteiger partial charge in [0.15, 0.2) is 0 Å². The Bertz CT molecular complexity index is 2130. The zero-order valence-corrected chi connectivity index (χ0v) is 25.7. The van der Waals surface area contributed by atoms with Gasteiger partial charge in [-0.2, -0.15) is 26.3 Å². The van der Waals surface area contributed by atoms with Crippen molar-refractivity contribution in [2.45, 2.75) is 35.6 Å². The van der Waals surface area contributed by atoms with Gasteiger partial charge in [0, 0.05) is 29.2 Å². The van der Waals surface area contributed by atoms with E-state index < -0.39 is 50.4 Å². The van der Waals surface area contributed by atoms with E-state index in [1.807, 2.05) is 53.9 Å². The van der Waals surface area contributed by atoms with Crippen molar-refractivity contribution in [3.05, 3.63) is 102 Å². The number of carbonyl (C=O) groups is 3. The van der Waals surface area contributed by atoms with E-state index in [0.29, 0.717) is 0 Å². The molecule has 0 spiro atoms. The predicted octanol–water partition coefficient (Wildman–Crippen LogP) is 6.96. The minimum atomic E-state index is -5.59. The lowest BCUT2D eigenvalue weighted by Crippen LogP contribution is -2.36. The Morgan fingerprint density at radius 3 is 2.08 bits per heavy atom. The van der Waals surface area contributed by atoms with Crippen LogP contribution in [0.1, 0.15) is 11.1 Å². The van der Waals surface area contributed by atoms with Crippen LogP contribution in [0.2, 0.25) is 0 Å². The summed E-state index contributed by atoms with van der Waals surface area (Å²) in [6.45, 7) is 0.0807. The average molecular weight is 710 g/mol. The molecule has 17 heteroatoms. The van der Waals surface area contributed by atoms with Crippen LogP contribution >= 0.6 is 11.3 Å². The summed E-state index contributed by atoms with van der Waals surface area (Å²) < 4.78 is 95.5. The summed E-state index contributed by atoms with van der Waals surface area (Å²) in [7, 11) is -5.59. The molecule has 1 aliphatic rings. The number of carboxylic acid groups (broad SMARTS) is 1. The topological polar surface area (TPSA) is 125 Å². The fraction of sp³-hybridized carbons (Fsp3) is 0.161. The van der Waals surface area contributed by atoms with Crippen molar-refractivity contribution in [3.8, 4) is 0 Å². The second-order valence-electron chi connectivity index (χ2n) is 10.3. The Balaban J connectivity index is 0.000000582. The third-order valence-corrected chi connectivity index (χ3v) is 9.84. The first-order valence-corrected chi connectivity index (χ1v) is 16.0. The Morgan fingerprint density at radius 1 is 0.854 bits per heavy atom. The van der Waals surface area contributed by atoms with E-state index in [-0.39, 0.29) is 18.7 Å². The van der Waals surface area contributed by atoms with Gasteiger partial charge in [-0.15, -0.1) is 11.3 Å². The molecule has 3 amide bonds. The monoisotopic (exact) mass is 709 g/mol. The normalized spacial score (nSPS) is 15.6. The number of anilines is 1. The molecule has 6 rings (SSSR count). The number of hydrogen-bond donors (Lipinski definition) is 1. The Kier molecular flexibility index (Phi) is 9.20. The van der Waals surface area contributed by atoms with Crippen molar-refractivity contribution < 1.29 is 54.3 Å². The molecular formula is C31H21F6N3O6S2. The Labute approximate surface area is 271 Å². The largest absolute Gasteiger partial charge is 0.501 e. The van der Waals surface area contributed by atoms with Crippen LogP contribution in [0, 0.1) is 0 Å². The molecule has 1 saturated heterocycles. The standard InChI is InChI=1S/C29H20F3N3O4S2.C2HF3O2/c30-29(31,32)41(38,39)21-11-9-20(10-12-21)35-27(36)25(15-19-17-40-26-8-4-2-6-23(19)26)34(28(35)37)16-18-13-14-33-24-7-3-1-5-22(18)24;3-2(4,5)1(6)7/h1-14,17,25H,15-16H2;(H,6,7)/t25-;/m1./s1. The van der Waals surface area contributed by atoms with E-state index in [2.05, 4.69) is 4.98 Å². The average Bonchev–Trinajstić information content (AvgIpc) is 3.54. The Hall–Kier alpha value is -5.03. The molecule has 250 valence electrons. The summed E-state index contributed by atoms with van der Waals surface area (Å²) in [5.41, 5.74) is -3.13. The van der Waals surface area contributed by atoms with Crippen molar-refractivity contribution in [1.82, 2.24) is 9.88 Å². The highest BCUT2D eigenvalue weighted by Gasteiger charge is 2.48. The molecule has 5 aromatic rings. The van der Waals surface area contributed by atoms with Crippen LogP contribution in [0.5, 0.6) is 0 Å². The molecule has 0 bridgehead atoms. The van der Waals surface area contributed by atoms with E-state index in [0.717, 1.165) is 61.3 Å². The molecule has 0 aliphatic carbocycles. The van der Waals surface area contributed by atoms with Gasteiger partial charge >= 0.3 is 23.7 Å². The number of carbonyl (C=O) groups excluding carboxylic acids is 2. The predicted molar refractivity (Wildman–Crippen MR) is 163 cm³/mol. The number of para-hydroxylation sites is 1. The number of aliphatic carboxylic acids is 1. The van der Waals surface area contributed by atoms with Gasteiger partial charge in [-0.1, -0.05) is 36.4 Å². The molecule has 3 aromatic carbocycles. The SMILES string of the molecule is O=C(O)C(F)(F)F.O=C1[C@@H](Cc2csc3ccccc23)N(Cc2ccnc3ccccc23)C(=O)N1c1ccc(S(=O)(=O)C(F)(F)F)cc1. The minimum absolute atomic E-state index is 0.0246. The van der Waals surface area contributed by atoms with Crippen molar-refractivity contribution in [1.29, 1.82) is 0 Å². The number of urea groups is 1. The maximum Gasteiger partial charge on any atom is 0.501 e. The zero-order valence-electron chi connectivity index (χ0n) is 24.1. The van der Waals surface area contributed by atoms with Gasteiger partial charge in [-0.3, -0.25) is 9.78 Å². The van der Waals surface area contributed by atoms with E-state index in [1.54, 1.807) is 12.3 Å². The lowest BCUT2D eigenvalue weighted by molar-refractivity contribution is -0.192. The molecule has 0 radical (unpaired) electrons. The third-order valence-electron chi connectivity index (χ3n) is 7.33. The maximum absolute atomic E-state index is 13.8. The third kappa shape index (κ3) is 6.68. The number of fused-ring (bicyclic) bond motifs is 2. The number of pyridine rings is 1. The van der Waals surface area contributed by atoms with E-state index in [1.165, 1.54) is 16.2 Å². The fourth-order valence-electron chi connectivity index (χ4n) is 5.03. The number of carboxylic acids is 1. The van der Waals surface area contributed by atoms with Crippen LogP contribution in [-0.2, 0) is 32.4 Å². The summed E-state index contributed by atoms with van der Waals surface area (Å²) in [6, 6.07) is 18.9. The zero-order chi connectivity index (χ0) is 35.0. The van der Waals surface area contributed by atoms with Gasteiger partial charge in [-0.25, -0.2) is 22.9 Å². The molecule has 0 saturated carbocycles. The Morgan fingerprint density at radius 2 is 1.46 bits per heavy atom. The van der Waals surface area contributed by atoms with Crippen LogP contribution < -0.4 is 4.90 Å². The van der Waals surface area contributed by atoms with Crippen LogP contribution in [0.3, 0.4) is 0 Å². The van der Waals surface area contributed by atoms with E-state index in [9.17, 15) is 44.3 Å². The molecular weight excluding hydrogens is 688 g/mol. The number of aromatic nitrogens is 1. The smallest absolute Gasteiger partial charge is 0.475 e. The highest BCUT2D eigenvalue weighted by Crippen LogP contribution is 2.35. The summed E-state index contributed by atoms with van der Waals surface area (Å²) in [6.07, 6.45) is -3.24. The van der Waals surface area contributed by atoms with Gasteiger partial charge in [0.1, 0.15) is 6.04 Å². The maximum atomic E-state index is 13.8. The molecule has 1 fully saturated rings. The number of sulfone groups is 1. The molecule has 9 nitrogen and oxygen atoms in total. The van der Waals surface area contributed by atoms with Crippen LogP contribution in [0.15, 0.2) is 95.3 Å². The minimum Gasteiger partial charge on any atom is -0.475 e.